The van der Waals surface area contributed by atoms with Gasteiger partial charge in [-0.2, -0.15) is 13.2 Å². The van der Waals surface area contributed by atoms with Crippen LogP contribution in [0.3, 0.4) is 0 Å². The van der Waals surface area contributed by atoms with Crippen molar-refractivity contribution in [1.82, 2.24) is 14.9 Å². The highest BCUT2D eigenvalue weighted by Crippen LogP contribution is 2.27. The van der Waals surface area contributed by atoms with E-state index < -0.39 is 12.1 Å². The fraction of sp³-hybridized carbons (Fsp3) is 0.400. The number of amides is 1. The number of carbonyl (C=O) groups is 2. The van der Waals surface area contributed by atoms with Crippen molar-refractivity contribution in [3.63, 3.8) is 0 Å². The maximum absolute atomic E-state index is 12.9. The number of morpholine rings is 1. The number of carboxylic acids is 1. The molecule has 0 bridgehead atoms. The number of benzene rings is 1. The molecular weight excluding hydrogens is 417 g/mol. The molecule has 2 saturated heterocycles. The number of hydrogen-bond donors (Lipinski definition) is 1. The Morgan fingerprint density at radius 2 is 1.77 bits per heavy atom. The quantitative estimate of drug-likeness (QED) is 0.768. The molecule has 11 heteroatoms. The minimum atomic E-state index is -5.08. The summed E-state index contributed by atoms with van der Waals surface area (Å²) in [6.07, 6.45) is -1.58. The first-order chi connectivity index (χ1) is 14.7. The molecule has 1 amide bonds. The Kier molecular flexibility index (Phi) is 6.74. The molecule has 2 atom stereocenters. The van der Waals surface area contributed by atoms with Crippen LogP contribution in [0.4, 0.5) is 19.1 Å². The third-order valence-electron chi connectivity index (χ3n) is 5.02. The van der Waals surface area contributed by atoms with Gasteiger partial charge in [-0.3, -0.25) is 4.79 Å². The number of fused-ring (bicyclic) bond motifs is 1. The molecule has 2 fully saturated rings. The number of nitrogens with zero attached hydrogens (tertiary/aromatic N) is 4. The highest BCUT2D eigenvalue weighted by atomic mass is 19.4. The van der Waals surface area contributed by atoms with Gasteiger partial charge in [0.1, 0.15) is 0 Å². The van der Waals surface area contributed by atoms with Crippen molar-refractivity contribution in [2.24, 2.45) is 0 Å². The lowest BCUT2D eigenvalue weighted by atomic mass is 10.1. The van der Waals surface area contributed by atoms with Crippen molar-refractivity contribution >= 4 is 17.8 Å². The summed E-state index contributed by atoms with van der Waals surface area (Å²) in [5.74, 6) is -1.98. The molecule has 31 heavy (non-hydrogen) atoms. The van der Waals surface area contributed by atoms with Crippen LogP contribution >= 0.6 is 0 Å². The summed E-state index contributed by atoms with van der Waals surface area (Å²) in [5.41, 5.74) is 1.76. The normalized spacial score (nSPS) is 20.5. The summed E-state index contributed by atoms with van der Waals surface area (Å²) in [4.78, 5) is 34.5. The molecule has 0 spiro atoms. The average molecular weight is 438 g/mol. The number of halogens is 3. The van der Waals surface area contributed by atoms with Crippen LogP contribution in [0.5, 0.6) is 0 Å². The maximum Gasteiger partial charge on any atom is 0.490 e. The summed E-state index contributed by atoms with van der Waals surface area (Å²) < 4.78 is 37.6. The van der Waals surface area contributed by atoms with E-state index in [2.05, 4.69) is 14.9 Å². The van der Waals surface area contributed by atoms with Crippen molar-refractivity contribution in [2.45, 2.75) is 25.2 Å². The molecule has 166 valence electrons. The van der Waals surface area contributed by atoms with Gasteiger partial charge in [-0.1, -0.05) is 18.2 Å². The van der Waals surface area contributed by atoms with Gasteiger partial charge in [0.15, 0.2) is 0 Å². The van der Waals surface area contributed by atoms with E-state index >= 15 is 0 Å². The van der Waals surface area contributed by atoms with Crippen molar-refractivity contribution in [3.05, 3.63) is 53.9 Å². The van der Waals surface area contributed by atoms with Gasteiger partial charge < -0.3 is 19.6 Å². The summed E-state index contributed by atoms with van der Waals surface area (Å²) >= 11 is 0. The van der Waals surface area contributed by atoms with Gasteiger partial charge in [0, 0.05) is 37.6 Å². The van der Waals surface area contributed by atoms with Gasteiger partial charge in [-0.15, -0.1) is 0 Å². The fourth-order valence-electron chi connectivity index (χ4n) is 3.52. The second-order valence-corrected chi connectivity index (χ2v) is 7.05. The predicted molar refractivity (Wildman–Crippen MR) is 104 cm³/mol. The van der Waals surface area contributed by atoms with Crippen molar-refractivity contribution < 1.29 is 32.6 Å². The lowest BCUT2D eigenvalue weighted by Crippen LogP contribution is -2.51. The van der Waals surface area contributed by atoms with Gasteiger partial charge in [0.2, 0.25) is 5.95 Å². The van der Waals surface area contributed by atoms with Crippen LogP contribution in [0.2, 0.25) is 0 Å². The van der Waals surface area contributed by atoms with Crippen LogP contribution in [0, 0.1) is 6.92 Å². The Morgan fingerprint density at radius 1 is 1.13 bits per heavy atom. The van der Waals surface area contributed by atoms with E-state index in [1.807, 2.05) is 42.2 Å². The van der Waals surface area contributed by atoms with Gasteiger partial charge >= 0.3 is 12.1 Å². The SMILES string of the molecule is Cc1ccccc1C(=O)N1C[C@@H]2OCCN(c3ncccn3)[C@@H]2C1.O=C(O)C(F)(F)F. The van der Waals surface area contributed by atoms with Gasteiger partial charge in [-0.25, -0.2) is 14.8 Å². The van der Waals surface area contributed by atoms with Crippen molar-refractivity contribution in [3.8, 4) is 0 Å². The van der Waals surface area contributed by atoms with E-state index in [4.69, 9.17) is 14.6 Å². The van der Waals surface area contributed by atoms with E-state index in [0.717, 1.165) is 17.7 Å². The molecule has 0 saturated carbocycles. The molecule has 2 aliphatic heterocycles. The highest BCUT2D eigenvalue weighted by Gasteiger charge is 2.43. The van der Waals surface area contributed by atoms with Crippen LogP contribution in [-0.2, 0) is 9.53 Å². The lowest BCUT2D eigenvalue weighted by molar-refractivity contribution is -0.192. The van der Waals surface area contributed by atoms with Crippen LogP contribution in [0.1, 0.15) is 15.9 Å². The smallest absolute Gasteiger partial charge is 0.475 e. The van der Waals surface area contributed by atoms with Gasteiger partial charge in [0.25, 0.3) is 5.91 Å². The molecule has 4 rings (SSSR count). The lowest BCUT2D eigenvalue weighted by Gasteiger charge is -2.36. The summed E-state index contributed by atoms with van der Waals surface area (Å²) in [7, 11) is 0. The Hall–Kier alpha value is -3.21. The summed E-state index contributed by atoms with van der Waals surface area (Å²) in [6.45, 7) is 4.59. The van der Waals surface area contributed by atoms with E-state index in [-0.39, 0.29) is 18.1 Å². The second kappa shape index (κ2) is 9.29. The number of aryl methyl sites for hydroxylation is 1. The molecular formula is C20H21F3N4O4. The molecule has 2 aliphatic rings. The molecule has 1 N–H and O–H groups in total. The summed E-state index contributed by atoms with van der Waals surface area (Å²) in [5, 5.41) is 7.12. The third kappa shape index (κ3) is 5.29. The number of alkyl halides is 3. The Bertz CT molecular complexity index is 926. The van der Waals surface area contributed by atoms with E-state index in [1.165, 1.54) is 0 Å². The van der Waals surface area contributed by atoms with E-state index in [9.17, 15) is 18.0 Å². The van der Waals surface area contributed by atoms with Crippen LogP contribution in [0.25, 0.3) is 0 Å². The average Bonchev–Trinajstić information content (AvgIpc) is 3.18. The molecule has 1 aromatic carbocycles. The molecule has 3 heterocycles. The Balaban J connectivity index is 0.000000339. The van der Waals surface area contributed by atoms with Crippen LogP contribution in [-0.4, -0.2) is 76.4 Å². The standard InChI is InChI=1S/C18H20N4O2.C2HF3O2/c1-13-5-2-3-6-14(13)17(23)21-11-15-16(12-21)24-10-9-22(15)18-19-7-4-8-20-18;3-2(4,5)1(6)7/h2-8,15-16H,9-12H2,1H3;(H,6,7)/t15-,16+;/m1./s1. The zero-order valence-corrected chi connectivity index (χ0v) is 16.6. The topological polar surface area (TPSA) is 95.9 Å². The predicted octanol–water partition coefficient (Wildman–Crippen LogP) is 2.15. The number of likely N-dealkylation sites (tertiary alicyclic amines) is 1. The number of hydrogen-bond acceptors (Lipinski definition) is 6. The number of aliphatic carboxylic acids is 1. The van der Waals surface area contributed by atoms with Crippen LogP contribution in [0.15, 0.2) is 42.7 Å². The second-order valence-electron chi connectivity index (χ2n) is 7.05. The first-order valence-electron chi connectivity index (χ1n) is 9.48. The molecule has 8 nitrogen and oxygen atoms in total. The number of carboxylic acid groups (broad SMARTS) is 1. The van der Waals surface area contributed by atoms with Crippen molar-refractivity contribution in [2.75, 3.05) is 31.1 Å². The number of aromatic nitrogens is 2. The van der Waals surface area contributed by atoms with Gasteiger partial charge in [-0.05, 0) is 24.6 Å². The van der Waals surface area contributed by atoms with E-state index in [1.54, 1.807) is 12.4 Å². The number of carbonyl (C=O) groups excluding carboxylic acids is 1. The number of rotatable bonds is 2. The minimum Gasteiger partial charge on any atom is -0.475 e. The highest BCUT2D eigenvalue weighted by molar-refractivity contribution is 5.96. The molecule has 1 aromatic heterocycles. The van der Waals surface area contributed by atoms with Crippen LogP contribution < -0.4 is 4.90 Å². The fourth-order valence-corrected chi connectivity index (χ4v) is 3.52. The molecule has 0 radical (unpaired) electrons. The van der Waals surface area contributed by atoms with Crippen molar-refractivity contribution in [1.29, 1.82) is 0 Å². The Morgan fingerprint density at radius 3 is 2.39 bits per heavy atom. The minimum absolute atomic E-state index is 0.00974. The summed E-state index contributed by atoms with van der Waals surface area (Å²) in [6, 6.07) is 9.63. The molecule has 2 aromatic rings. The number of anilines is 1. The zero-order chi connectivity index (χ0) is 22.6. The first-order valence-corrected chi connectivity index (χ1v) is 9.48. The molecule has 0 unspecified atom stereocenters. The zero-order valence-electron chi connectivity index (χ0n) is 16.6. The number of ether oxygens (including phenoxy) is 1. The molecule has 0 aliphatic carbocycles. The maximum atomic E-state index is 12.9. The largest absolute Gasteiger partial charge is 0.490 e. The third-order valence-corrected chi connectivity index (χ3v) is 5.02. The van der Waals surface area contributed by atoms with E-state index in [0.29, 0.717) is 25.6 Å². The first kappa shape index (κ1) is 22.5. The monoisotopic (exact) mass is 438 g/mol. The van der Waals surface area contributed by atoms with Gasteiger partial charge in [0.05, 0.1) is 18.8 Å². The Labute approximate surface area is 176 Å².